The lowest BCUT2D eigenvalue weighted by molar-refractivity contribution is -0.147. The SMILES string of the molecule is C=C(C)C(=O)OC.C=COC(C)=O.CCC(C)C(C)C(=O)OC.CCC(C)OC(C)=O. The lowest BCUT2D eigenvalue weighted by Crippen LogP contribution is -2.19. The van der Waals surface area contributed by atoms with Gasteiger partial charge in [-0.15, -0.1) is 0 Å². The normalized spacial score (nSPS) is 11.5. The summed E-state index contributed by atoms with van der Waals surface area (Å²) in [4.78, 5) is 41.0. The lowest BCUT2D eigenvalue weighted by atomic mass is 9.94. The molecule has 31 heavy (non-hydrogen) atoms. The third-order valence-corrected chi connectivity index (χ3v) is 3.80. The van der Waals surface area contributed by atoms with Crippen molar-refractivity contribution in [1.82, 2.24) is 0 Å². The van der Waals surface area contributed by atoms with E-state index in [0.29, 0.717) is 11.5 Å². The number of rotatable bonds is 7. The Kier molecular flexibility index (Phi) is 27.3. The van der Waals surface area contributed by atoms with Gasteiger partial charge in [0.1, 0.15) is 0 Å². The summed E-state index contributed by atoms with van der Waals surface area (Å²) in [5.41, 5.74) is 0.433. The maximum atomic E-state index is 10.9. The molecule has 8 nitrogen and oxygen atoms in total. The van der Waals surface area contributed by atoms with Crippen LogP contribution in [-0.2, 0) is 38.1 Å². The van der Waals surface area contributed by atoms with E-state index in [0.717, 1.165) is 19.1 Å². The van der Waals surface area contributed by atoms with Gasteiger partial charge in [0.15, 0.2) is 0 Å². The molecule has 3 unspecified atom stereocenters. The van der Waals surface area contributed by atoms with E-state index in [4.69, 9.17) is 4.74 Å². The number of carbonyl (C=O) groups is 4. The van der Waals surface area contributed by atoms with Crippen LogP contribution in [0.15, 0.2) is 25.0 Å². The van der Waals surface area contributed by atoms with E-state index in [1.807, 2.05) is 20.8 Å². The first-order chi connectivity index (χ1) is 14.2. The van der Waals surface area contributed by atoms with E-state index in [-0.39, 0.29) is 35.9 Å². The van der Waals surface area contributed by atoms with Gasteiger partial charge in [-0.05, 0) is 26.2 Å². The molecule has 0 amide bonds. The third-order valence-electron chi connectivity index (χ3n) is 3.80. The van der Waals surface area contributed by atoms with Gasteiger partial charge < -0.3 is 18.9 Å². The van der Waals surface area contributed by atoms with Crippen molar-refractivity contribution in [3.05, 3.63) is 25.0 Å². The molecule has 0 heterocycles. The molecule has 3 atom stereocenters. The largest absolute Gasteiger partial charge is 0.469 e. The second-order valence-electron chi connectivity index (χ2n) is 6.57. The molecule has 0 bridgehead atoms. The Balaban J connectivity index is -0.000000160. The van der Waals surface area contributed by atoms with E-state index in [1.54, 1.807) is 6.92 Å². The van der Waals surface area contributed by atoms with Gasteiger partial charge >= 0.3 is 23.9 Å². The van der Waals surface area contributed by atoms with Gasteiger partial charge in [0, 0.05) is 19.4 Å². The highest BCUT2D eigenvalue weighted by molar-refractivity contribution is 5.86. The minimum Gasteiger partial charge on any atom is -0.469 e. The van der Waals surface area contributed by atoms with Gasteiger partial charge in [-0.25, -0.2) is 4.79 Å². The second kappa shape index (κ2) is 23.6. The predicted octanol–water partition coefficient (Wildman–Crippen LogP) is 4.62. The summed E-state index contributed by atoms with van der Waals surface area (Å²) < 4.78 is 17.8. The Morgan fingerprint density at radius 1 is 0.871 bits per heavy atom. The molecule has 8 heteroatoms. The fraction of sp³-hybridized carbons (Fsp3) is 0.652. The number of carbonyl (C=O) groups excluding carboxylic acids is 4. The van der Waals surface area contributed by atoms with Crippen molar-refractivity contribution < 1.29 is 38.1 Å². The molecule has 0 radical (unpaired) electrons. The Hall–Kier alpha value is -2.64. The number of methoxy groups -OCH3 is 2. The van der Waals surface area contributed by atoms with E-state index in [9.17, 15) is 19.2 Å². The summed E-state index contributed by atoms with van der Waals surface area (Å²) in [6.07, 6.45) is 3.09. The summed E-state index contributed by atoms with van der Waals surface area (Å²) in [7, 11) is 2.76. The molecule has 0 aromatic carbocycles. The smallest absolute Gasteiger partial charge is 0.332 e. The fourth-order valence-corrected chi connectivity index (χ4v) is 1.43. The van der Waals surface area contributed by atoms with Crippen molar-refractivity contribution in [1.29, 1.82) is 0 Å². The quantitative estimate of drug-likeness (QED) is 0.241. The maximum absolute atomic E-state index is 10.9. The monoisotopic (exact) mass is 446 g/mol. The first-order valence-electron chi connectivity index (χ1n) is 10.0. The highest BCUT2D eigenvalue weighted by atomic mass is 16.5. The minimum atomic E-state index is -0.347. The van der Waals surface area contributed by atoms with Crippen LogP contribution in [0.25, 0.3) is 0 Å². The van der Waals surface area contributed by atoms with Gasteiger partial charge in [0.2, 0.25) is 0 Å². The van der Waals surface area contributed by atoms with Crippen LogP contribution in [0.3, 0.4) is 0 Å². The lowest BCUT2D eigenvalue weighted by Gasteiger charge is -2.14. The van der Waals surface area contributed by atoms with Gasteiger partial charge in [-0.3, -0.25) is 14.4 Å². The van der Waals surface area contributed by atoms with Crippen molar-refractivity contribution in [2.45, 2.75) is 74.3 Å². The van der Waals surface area contributed by atoms with E-state index in [1.165, 1.54) is 28.1 Å². The topological polar surface area (TPSA) is 105 Å². The molecule has 0 N–H and O–H groups in total. The standard InChI is InChI=1S/C8H16O2.C6H12O2.C5H8O2.C4H6O2/c1-5-6(2)7(3)8(9)10-4;1-4-5(2)8-6(3)7;1-4(2)5(6)7-3;1-3-6-4(2)5/h6-7H,5H2,1-4H3;5H,4H2,1-3H3;1H2,2-3H3;3H,1H2,2H3. The summed E-state index contributed by atoms with van der Waals surface area (Å²) in [6.45, 7) is 20.7. The number of hydrogen-bond acceptors (Lipinski definition) is 8. The van der Waals surface area contributed by atoms with Crippen LogP contribution in [0.5, 0.6) is 0 Å². The van der Waals surface area contributed by atoms with Gasteiger partial charge in [0.05, 0.1) is 32.5 Å². The number of ether oxygens (including phenoxy) is 4. The van der Waals surface area contributed by atoms with Gasteiger partial charge in [-0.1, -0.05) is 47.3 Å². The van der Waals surface area contributed by atoms with Crippen LogP contribution >= 0.6 is 0 Å². The highest BCUT2D eigenvalue weighted by Crippen LogP contribution is 2.15. The zero-order valence-electron chi connectivity index (χ0n) is 20.9. The van der Waals surface area contributed by atoms with E-state index in [2.05, 4.69) is 41.2 Å². The summed E-state index contributed by atoms with van der Waals surface area (Å²) >= 11 is 0. The summed E-state index contributed by atoms with van der Waals surface area (Å²) in [5, 5.41) is 0. The maximum Gasteiger partial charge on any atom is 0.332 e. The highest BCUT2D eigenvalue weighted by Gasteiger charge is 2.18. The molecule has 0 fully saturated rings. The van der Waals surface area contributed by atoms with Gasteiger partial charge in [0.25, 0.3) is 0 Å². The van der Waals surface area contributed by atoms with Crippen LogP contribution < -0.4 is 0 Å². The Labute approximate surface area is 188 Å². The average molecular weight is 447 g/mol. The van der Waals surface area contributed by atoms with Crippen LogP contribution in [-0.4, -0.2) is 44.2 Å². The molecular weight excluding hydrogens is 404 g/mol. The van der Waals surface area contributed by atoms with E-state index < -0.39 is 0 Å². The summed E-state index contributed by atoms with van der Waals surface area (Å²) in [6, 6.07) is 0. The minimum absolute atomic E-state index is 0.0370. The first kappa shape index (κ1) is 35.8. The van der Waals surface area contributed by atoms with Crippen molar-refractivity contribution in [3.63, 3.8) is 0 Å². The zero-order chi connectivity index (χ0) is 25.6. The Morgan fingerprint density at radius 2 is 1.35 bits per heavy atom. The number of hydrogen-bond donors (Lipinski definition) is 0. The van der Waals surface area contributed by atoms with Crippen LogP contribution in [0.4, 0.5) is 0 Å². The molecule has 0 saturated carbocycles. The first-order valence-corrected chi connectivity index (χ1v) is 10.0. The van der Waals surface area contributed by atoms with Crippen LogP contribution in [0.2, 0.25) is 0 Å². The molecular formula is C23H42O8. The zero-order valence-corrected chi connectivity index (χ0v) is 20.9. The number of esters is 4. The van der Waals surface area contributed by atoms with Crippen molar-refractivity contribution in [3.8, 4) is 0 Å². The van der Waals surface area contributed by atoms with Gasteiger partial charge in [-0.2, -0.15) is 0 Å². The molecule has 0 aliphatic heterocycles. The molecule has 0 spiro atoms. The molecule has 0 aromatic rings. The van der Waals surface area contributed by atoms with Crippen molar-refractivity contribution in [2.24, 2.45) is 11.8 Å². The predicted molar refractivity (Wildman–Crippen MR) is 121 cm³/mol. The summed E-state index contributed by atoms with van der Waals surface area (Å²) in [5.74, 6) is -0.513. The molecule has 0 aromatic heterocycles. The Bertz CT molecular complexity index is 540. The molecule has 182 valence electrons. The average Bonchev–Trinajstić information content (AvgIpc) is 2.71. The van der Waals surface area contributed by atoms with Crippen LogP contribution in [0.1, 0.15) is 68.2 Å². The fourth-order valence-electron chi connectivity index (χ4n) is 1.43. The van der Waals surface area contributed by atoms with Crippen molar-refractivity contribution >= 4 is 23.9 Å². The molecule has 0 saturated heterocycles. The van der Waals surface area contributed by atoms with Crippen LogP contribution in [0, 0.1) is 11.8 Å². The molecule has 0 rings (SSSR count). The van der Waals surface area contributed by atoms with Crippen molar-refractivity contribution in [2.75, 3.05) is 14.2 Å². The molecule has 0 aliphatic carbocycles. The van der Waals surface area contributed by atoms with E-state index >= 15 is 0 Å². The Morgan fingerprint density at radius 3 is 1.48 bits per heavy atom. The second-order valence-corrected chi connectivity index (χ2v) is 6.57. The third kappa shape index (κ3) is 29.7. The molecule has 0 aliphatic rings.